The van der Waals surface area contributed by atoms with Crippen LogP contribution < -0.4 is 4.74 Å². The first-order chi connectivity index (χ1) is 8.46. The fraction of sp³-hybridized carbons (Fsp3) is 0.250. The molecule has 0 amide bonds. The molecule has 0 spiro atoms. The van der Waals surface area contributed by atoms with Gasteiger partial charge in [0.2, 0.25) is 0 Å². The summed E-state index contributed by atoms with van der Waals surface area (Å²) in [7, 11) is 5.98. The predicted octanol–water partition coefficient (Wildman–Crippen LogP) is 3.75. The van der Waals surface area contributed by atoms with Crippen molar-refractivity contribution in [1.29, 1.82) is 0 Å². The minimum Gasteiger partial charge on any atom is -0.493 e. The fourth-order valence-electron chi connectivity index (χ4n) is 2.38. The van der Waals surface area contributed by atoms with Crippen LogP contribution in [0.1, 0.15) is 23.6 Å². The van der Waals surface area contributed by atoms with Crippen molar-refractivity contribution in [3.05, 3.63) is 47.0 Å². The normalized spacial score (nSPS) is 21.7. The summed E-state index contributed by atoms with van der Waals surface area (Å²) in [6.45, 7) is 6.13. The molecular weight excluding hydrogens is 219 g/mol. The summed E-state index contributed by atoms with van der Waals surface area (Å²) in [5, 5.41) is 2.47. The first-order valence-electron chi connectivity index (χ1n) is 6.17. The SMILES string of the molecule is [B]C1(C)C=Cc2c(ccc3cc(C)c(C)cc23)O1. The molecule has 1 heterocycles. The van der Waals surface area contributed by atoms with Gasteiger partial charge in [-0.1, -0.05) is 30.4 Å². The van der Waals surface area contributed by atoms with E-state index in [2.05, 4.69) is 38.1 Å². The highest BCUT2D eigenvalue weighted by molar-refractivity contribution is 6.16. The Bertz CT molecular complexity index is 668. The van der Waals surface area contributed by atoms with E-state index in [0.717, 1.165) is 11.3 Å². The van der Waals surface area contributed by atoms with Gasteiger partial charge in [-0.05, 0) is 48.7 Å². The zero-order valence-electron chi connectivity index (χ0n) is 10.9. The second-order valence-electron chi connectivity index (χ2n) is 5.25. The van der Waals surface area contributed by atoms with E-state index >= 15 is 0 Å². The van der Waals surface area contributed by atoms with Gasteiger partial charge in [-0.3, -0.25) is 0 Å². The Morgan fingerprint density at radius 2 is 1.83 bits per heavy atom. The van der Waals surface area contributed by atoms with Crippen LogP contribution in [0.15, 0.2) is 30.3 Å². The van der Waals surface area contributed by atoms with Crippen LogP contribution in [0.4, 0.5) is 0 Å². The molecule has 2 aromatic carbocycles. The molecule has 0 saturated heterocycles. The summed E-state index contributed by atoms with van der Waals surface area (Å²) in [5.74, 6) is 0.859. The predicted molar refractivity (Wildman–Crippen MR) is 77.2 cm³/mol. The van der Waals surface area contributed by atoms with E-state index in [0.29, 0.717) is 0 Å². The molecule has 0 saturated carbocycles. The van der Waals surface area contributed by atoms with Crippen molar-refractivity contribution in [2.24, 2.45) is 0 Å². The van der Waals surface area contributed by atoms with Crippen molar-refractivity contribution in [2.45, 2.75) is 26.3 Å². The van der Waals surface area contributed by atoms with Crippen LogP contribution in [0.5, 0.6) is 5.75 Å². The maximum absolute atomic E-state index is 5.98. The monoisotopic (exact) mass is 234 g/mol. The lowest BCUT2D eigenvalue weighted by molar-refractivity contribution is 0.224. The smallest absolute Gasteiger partial charge is 0.137 e. The minimum absolute atomic E-state index is 0.708. The van der Waals surface area contributed by atoms with Gasteiger partial charge in [-0.25, -0.2) is 0 Å². The lowest BCUT2D eigenvalue weighted by Gasteiger charge is -2.29. The van der Waals surface area contributed by atoms with Gasteiger partial charge in [0.15, 0.2) is 0 Å². The molecule has 0 bridgehead atoms. The lowest BCUT2D eigenvalue weighted by Crippen LogP contribution is -2.31. The molecule has 3 rings (SSSR count). The first-order valence-corrected chi connectivity index (χ1v) is 6.17. The second-order valence-corrected chi connectivity index (χ2v) is 5.25. The molecule has 1 aliphatic rings. The molecule has 18 heavy (non-hydrogen) atoms. The number of rotatable bonds is 0. The van der Waals surface area contributed by atoms with E-state index in [4.69, 9.17) is 12.6 Å². The minimum atomic E-state index is -0.708. The molecule has 1 atom stereocenters. The van der Waals surface area contributed by atoms with E-state index in [1.807, 2.05) is 19.1 Å². The number of hydrogen-bond donors (Lipinski definition) is 0. The van der Waals surface area contributed by atoms with E-state index < -0.39 is 5.50 Å². The average molecular weight is 234 g/mol. The van der Waals surface area contributed by atoms with Crippen molar-refractivity contribution in [1.82, 2.24) is 0 Å². The maximum atomic E-state index is 5.98. The summed E-state index contributed by atoms with van der Waals surface area (Å²) >= 11 is 0. The number of benzene rings is 2. The van der Waals surface area contributed by atoms with Crippen LogP contribution in [-0.4, -0.2) is 13.3 Å². The standard InChI is InChI=1S/C16H15BO/c1-10-8-12-4-5-15-13(14(12)9-11(10)2)6-7-16(3,17)18-15/h4-9H,1-3H3. The number of hydrogen-bond acceptors (Lipinski definition) is 1. The molecule has 1 nitrogen and oxygen atoms in total. The zero-order valence-corrected chi connectivity index (χ0v) is 10.9. The molecule has 0 aromatic heterocycles. The quantitative estimate of drug-likeness (QED) is 0.631. The number of fused-ring (bicyclic) bond motifs is 3. The van der Waals surface area contributed by atoms with Gasteiger partial charge < -0.3 is 4.74 Å². The zero-order chi connectivity index (χ0) is 12.9. The molecule has 2 radical (unpaired) electrons. The maximum Gasteiger partial charge on any atom is 0.137 e. The molecule has 0 N–H and O–H groups in total. The third-order valence-electron chi connectivity index (χ3n) is 3.55. The Hall–Kier alpha value is -1.70. The Balaban J connectivity index is 2.30. The fourth-order valence-corrected chi connectivity index (χ4v) is 2.38. The Labute approximate surface area is 109 Å². The molecule has 0 aliphatic carbocycles. The van der Waals surface area contributed by atoms with E-state index in [9.17, 15) is 0 Å². The molecular formula is C16H15BO. The summed E-state index contributed by atoms with van der Waals surface area (Å²) in [6, 6.07) is 8.53. The highest BCUT2D eigenvalue weighted by atomic mass is 16.5. The highest BCUT2D eigenvalue weighted by Gasteiger charge is 2.22. The number of ether oxygens (including phenoxy) is 1. The highest BCUT2D eigenvalue weighted by Crippen LogP contribution is 2.36. The van der Waals surface area contributed by atoms with Gasteiger partial charge in [0, 0.05) is 5.56 Å². The van der Waals surface area contributed by atoms with Gasteiger partial charge in [0.1, 0.15) is 13.6 Å². The van der Waals surface area contributed by atoms with E-state index in [-0.39, 0.29) is 0 Å². The van der Waals surface area contributed by atoms with E-state index in [1.54, 1.807) is 0 Å². The van der Waals surface area contributed by atoms with Crippen molar-refractivity contribution < 1.29 is 4.74 Å². The Morgan fingerprint density at radius 3 is 2.61 bits per heavy atom. The van der Waals surface area contributed by atoms with Gasteiger partial charge in [0.25, 0.3) is 0 Å². The Morgan fingerprint density at radius 1 is 1.11 bits per heavy atom. The molecule has 0 fully saturated rings. The van der Waals surface area contributed by atoms with Crippen LogP contribution >= 0.6 is 0 Å². The van der Waals surface area contributed by atoms with E-state index in [1.165, 1.54) is 21.9 Å². The van der Waals surface area contributed by atoms with Crippen LogP contribution in [0.25, 0.3) is 16.8 Å². The third kappa shape index (κ3) is 1.73. The van der Waals surface area contributed by atoms with Crippen LogP contribution in [0.3, 0.4) is 0 Å². The van der Waals surface area contributed by atoms with Crippen LogP contribution in [0.2, 0.25) is 0 Å². The molecule has 1 unspecified atom stereocenters. The van der Waals surface area contributed by atoms with Crippen LogP contribution in [0, 0.1) is 13.8 Å². The van der Waals surface area contributed by atoms with Gasteiger partial charge >= 0.3 is 0 Å². The second kappa shape index (κ2) is 3.65. The molecule has 88 valence electrons. The first kappa shape index (κ1) is 11.4. The van der Waals surface area contributed by atoms with Crippen molar-refractivity contribution in [3.8, 4) is 5.75 Å². The summed E-state index contributed by atoms with van der Waals surface area (Å²) in [6.07, 6.45) is 3.97. The van der Waals surface area contributed by atoms with Gasteiger partial charge in [-0.2, -0.15) is 0 Å². The van der Waals surface area contributed by atoms with Crippen LogP contribution in [-0.2, 0) is 0 Å². The molecule has 2 heteroatoms. The third-order valence-corrected chi connectivity index (χ3v) is 3.55. The van der Waals surface area contributed by atoms with Gasteiger partial charge in [-0.15, -0.1) is 0 Å². The lowest BCUT2D eigenvalue weighted by atomic mass is 9.80. The van der Waals surface area contributed by atoms with Crippen molar-refractivity contribution >= 4 is 24.7 Å². The number of aryl methyl sites for hydroxylation is 2. The summed E-state index contributed by atoms with van der Waals surface area (Å²) < 4.78 is 5.79. The average Bonchev–Trinajstić information content (AvgIpc) is 2.29. The largest absolute Gasteiger partial charge is 0.493 e. The molecule has 2 aromatic rings. The Kier molecular flexibility index (Phi) is 2.31. The topological polar surface area (TPSA) is 9.23 Å². The summed E-state index contributed by atoms with van der Waals surface area (Å²) in [5.41, 5.74) is 3.02. The molecule has 1 aliphatic heterocycles. The van der Waals surface area contributed by atoms with Crippen molar-refractivity contribution in [2.75, 3.05) is 0 Å². The van der Waals surface area contributed by atoms with Gasteiger partial charge in [0.05, 0.1) is 5.50 Å². The summed E-state index contributed by atoms with van der Waals surface area (Å²) in [4.78, 5) is 0. The van der Waals surface area contributed by atoms with Crippen molar-refractivity contribution in [3.63, 3.8) is 0 Å².